The highest BCUT2D eigenvalue weighted by atomic mass is 35.5. The van der Waals surface area contributed by atoms with Crippen molar-refractivity contribution in [3.05, 3.63) is 0 Å². The molecule has 0 heterocycles. The molecule has 1 atom stereocenters. The average Bonchev–Trinajstić information content (AvgIpc) is 2.13. The molecule has 0 saturated carbocycles. The van der Waals surface area contributed by atoms with Crippen LogP contribution in [-0.2, 0) is 14.3 Å². The van der Waals surface area contributed by atoms with Crippen LogP contribution < -0.4 is 5.72 Å². The van der Waals surface area contributed by atoms with E-state index in [0.717, 1.165) is 6.42 Å². The molecule has 0 aliphatic carbocycles. The Labute approximate surface area is 91.9 Å². The molecule has 14 heavy (non-hydrogen) atoms. The standard InChI is InChI=1S/C8H15NO4.ClH/c1-2-3-4-13-8(12)6(9)5-7(10)11;/h6H,2-5,9H2,1H3,(H,10,11);1H/t6-;/m0./s1/i/hT2. The number of halogens is 1. The molecular formula is C8H16ClNO4. The molecular weight excluding hydrogens is 210 g/mol. The average molecular weight is 230 g/mol. The first-order valence-corrected chi connectivity index (χ1v) is 4.14. The van der Waals surface area contributed by atoms with Crippen LogP contribution in [0.3, 0.4) is 0 Å². The molecule has 0 aromatic rings. The van der Waals surface area contributed by atoms with Crippen LogP contribution in [0.25, 0.3) is 0 Å². The predicted molar refractivity (Wildman–Crippen MR) is 53.3 cm³/mol. The number of carboxylic acid groups (broad SMARTS) is 1. The van der Waals surface area contributed by atoms with Crippen LogP contribution in [0.15, 0.2) is 0 Å². The Bertz CT molecular complexity index is 228. The number of rotatable bonds is 7. The molecule has 0 unspecified atom stereocenters. The molecule has 0 saturated heterocycles. The van der Waals surface area contributed by atoms with Crippen molar-refractivity contribution in [2.75, 3.05) is 6.61 Å². The molecule has 0 fully saturated rings. The van der Waals surface area contributed by atoms with Crippen molar-refractivity contribution in [2.24, 2.45) is 5.72 Å². The third-order valence-corrected chi connectivity index (χ3v) is 1.38. The topological polar surface area (TPSA) is 89.6 Å². The van der Waals surface area contributed by atoms with Gasteiger partial charge in [0.2, 0.25) is 0 Å². The number of ether oxygens (including phenoxy) is 1. The molecule has 6 heteroatoms. The quantitative estimate of drug-likeness (QED) is 0.492. The molecule has 0 rings (SSSR count). The molecule has 0 aromatic carbocycles. The molecule has 0 radical (unpaired) electrons. The fourth-order valence-corrected chi connectivity index (χ4v) is 0.662. The Balaban J connectivity index is 0. The van der Waals surface area contributed by atoms with E-state index in [9.17, 15) is 9.59 Å². The summed E-state index contributed by atoms with van der Waals surface area (Å²) in [5.41, 5.74) is 0.0579. The van der Waals surface area contributed by atoms with Gasteiger partial charge in [-0.25, -0.2) is 0 Å². The van der Waals surface area contributed by atoms with Crippen molar-refractivity contribution >= 4 is 24.3 Å². The lowest BCUT2D eigenvalue weighted by Gasteiger charge is -2.08. The van der Waals surface area contributed by atoms with Crippen LogP contribution in [0.1, 0.15) is 26.2 Å². The minimum Gasteiger partial charge on any atom is -0.481 e. The van der Waals surface area contributed by atoms with E-state index in [2.05, 4.69) is 0 Å². The van der Waals surface area contributed by atoms with Gasteiger partial charge in [0, 0.05) is 0 Å². The van der Waals surface area contributed by atoms with E-state index in [4.69, 9.17) is 12.7 Å². The van der Waals surface area contributed by atoms with E-state index in [-0.39, 0.29) is 24.7 Å². The summed E-state index contributed by atoms with van der Waals surface area (Å²) in [6.07, 6.45) is 0.932. The second kappa shape index (κ2) is 8.77. The van der Waals surface area contributed by atoms with Crippen molar-refractivity contribution in [3.8, 4) is 0 Å². The van der Waals surface area contributed by atoms with E-state index < -0.39 is 24.4 Å². The van der Waals surface area contributed by atoms with Gasteiger partial charge < -0.3 is 15.6 Å². The highest BCUT2D eigenvalue weighted by molar-refractivity contribution is 5.85. The fourth-order valence-electron chi connectivity index (χ4n) is 0.662. The number of unbranched alkanes of at least 4 members (excludes halogenated alkanes) is 1. The predicted octanol–water partition coefficient (Wildman–Crippen LogP) is 0.553. The Hall–Kier alpha value is -0.810. The van der Waals surface area contributed by atoms with Crippen molar-refractivity contribution < 1.29 is 22.3 Å². The van der Waals surface area contributed by atoms with E-state index in [1.807, 2.05) is 6.92 Å². The minimum atomic E-state index is -1.36. The maximum atomic E-state index is 11.2. The Morgan fingerprint density at radius 1 is 1.64 bits per heavy atom. The van der Waals surface area contributed by atoms with Gasteiger partial charge in [0.1, 0.15) is 8.87 Å². The SMILES string of the molecule is Cl.[3H]N([3H])[C@@H](CC(=O)O)C(=O)OCCCC. The minimum absolute atomic E-state index is 0. The zero-order valence-corrected chi connectivity index (χ0v) is 8.75. The van der Waals surface area contributed by atoms with Gasteiger partial charge in [-0.3, -0.25) is 9.59 Å². The number of carbonyl (C=O) groups is 2. The van der Waals surface area contributed by atoms with Crippen LogP contribution in [0, 0.1) is 0 Å². The van der Waals surface area contributed by atoms with Crippen LogP contribution in [0.4, 0.5) is 0 Å². The van der Waals surface area contributed by atoms with Gasteiger partial charge >= 0.3 is 11.9 Å². The van der Waals surface area contributed by atoms with Crippen LogP contribution in [-0.4, -0.2) is 29.7 Å². The van der Waals surface area contributed by atoms with Gasteiger partial charge in [0.15, 0.2) is 0 Å². The first-order valence-electron chi connectivity index (χ1n) is 5.03. The lowest BCUT2D eigenvalue weighted by Crippen LogP contribution is -2.34. The van der Waals surface area contributed by atoms with E-state index >= 15 is 0 Å². The number of esters is 1. The summed E-state index contributed by atoms with van der Waals surface area (Å²) in [5.74, 6) is -2.08. The van der Waals surface area contributed by atoms with Crippen LogP contribution in [0.2, 0.25) is 2.82 Å². The molecule has 0 bridgehead atoms. The van der Waals surface area contributed by atoms with Gasteiger partial charge in [-0.15, -0.1) is 12.4 Å². The maximum Gasteiger partial charge on any atom is 0.323 e. The third kappa shape index (κ3) is 7.82. The van der Waals surface area contributed by atoms with E-state index in [0.29, 0.717) is 6.42 Å². The molecule has 3 N–H and O–H groups in total. The summed E-state index contributed by atoms with van der Waals surface area (Å²) >= 11 is 0. The highest BCUT2D eigenvalue weighted by Crippen LogP contribution is 1.94. The summed E-state index contributed by atoms with van der Waals surface area (Å²) in [4.78, 5) is 21.6. The van der Waals surface area contributed by atoms with Gasteiger partial charge in [0.25, 0.3) is 0 Å². The van der Waals surface area contributed by atoms with E-state index in [1.165, 1.54) is 0 Å². The second-order valence-corrected chi connectivity index (χ2v) is 2.63. The van der Waals surface area contributed by atoms with E-state index in [1.54, 1.807) is 0 Å². The third-order valence-electron chi connectivity index (χ3n) is 1.38. The monoisotopic (exact) mass is 229 g/mol. The van der Waals surface area contributed by atoms with Gasteiger partial charge in [-0.2, -0.15) is 0 Å². The summed E-state index contributed by atoms with van der Waals surface area (Å²) in [6.45, 7) is 2.11. The van der Waals surface area contributed by atoms with Crippen LogP contribution in [0.5, 0.6) is 0 Å². The number of hydrogen-bond acceptors (Lipinski definition) is 4. The maximum absolute atomic E-state index is 11.2. The Morgan fingerprint density at radius 3 is 2.71 bits per heavy atom. The first-order chi connectivity index (χ1) is 6.99. The normalized spacial score (nSPS) is 13.6. The summed E-state index contributed by atoms with van der Waals surface area (Å²) < 4.78 is 18.5. The molecule has 0 aromatic heterocycles. The second-order valence-electron chi connectivity index (χ2n) is 2.63. The molecule has 0 amide bonds. The number of hydrogen-bond donors (Lipinski definition) is 2. The summed E-state index contributed by atoms with van der Waals surface area (Å²) in [7, 11) is 0. The molecule has 84 valence electrons. The lowest BCUT2D eigenvalue weighted by molar-refractivity contribution is -0.149. The van der Waals surface area contributed by atoms with Crippen molar-refractivity contribution in [2.45, 2.75) is 32.2 Å². The molecule has 0 aliphatic heterocycles. The van der Waals surface area contributed by atoms with Crippen LogP contribution >= 0.6 is 12.4 Å². The van der Waals surface area contributed by atoms with Gasteiger partial charge in [-0.1, -0.05) is 13.3 Å². The Morgan fingerprint density at radius 2 is 2.29 bits per heavy atom. The van der Waals surface area contributed by atoms with Gasteiger partial charge in [0.05, 0.1) is 13.0 Å². The van der Waals surface area contributed by atoms with Crippen molar-refractivity contribution in [1.82, 2.24) is 0 Å². The zero-order chi connectivity index (χ0) is 11.8. The van der Waals surface area contributed by atoms with Crippen molar-refractivity contribution in [1.29, 1.82) is 0 Å². The first kappa shape index (κ1) is 11.3. The smallest absolute Gasteiger partial charge is 0.323 e. The molecule has 0 aliphatic rings. The molecule has 0 spiro atoms. The lowest BCUT2D eigenvalue weighted by atomic mass is 10.2. The summed E-state index contributed by atoms with van der Waals surface area (Å²) in [6, 6.07) is -1.36. The Kier molecular flexibility index (Phi) is 7.06. The van der Waals surface area contributed by atoms with Gasteiger partial charge in [-0.05, 0) is 6.42 Å². The zero-order valence-electron chi connectivity index (χ0n) is 9.93. The number of carbonyl (C=O) groups excluding carboxylic acids is 1. The highest BCUT2D eigenvalue weighted by Gasteiger charge is 2.17. The summed E-state index contributed by atoms with van der Waals surface area (Å²) in [5, 5.41) is 8.45. The molecule has 5 nitrogen and oxygen atoms in total. The fraction of sp³-hybridized carbons (Fsp3) is 0.750. The number of nitrogens with two attached hydrogens (primary N) is 1. The van der Waals surface area contributed by atoms with Crippen molar-refractivity contribution in [3.63, 3.8) is 0 Å². The largest absolute Gasteiger partial charge is 0.481 e. The number of carboxylic acids is 1. The number of aliphatic carboxylic acids is 1.